The molecule has 2 aromatic carbocycles. The summed E-state index contributed by atoms with van der Waals surface area (Å²) < 4.78 is 17.9. The summed E-state index contributed by atoms with van der Waals surface area (Å²) >= 11 is 0. The topological polar surface area (TPSA) is 219 Å². The Labute approximate surface area is 338 Å². The van der Waals surface area contributed by atoms with Crippen molar-refractivity contribution in [1.82, 2.24) is 26.2 Å². The van der Waals surface area contributed by atoms with Crippen molar-refractivity contribution >= 4 is 41.3 Å². The first-order valence-electron chi connectivity index (χ1n) is 20.2. The second-order valence-corrected chi connectivity index (χ2v) is 15.1. The smallest absolute Gasteiger partial charge is 0.330 e. The summed E-state index contributed by atoms with van der Waals surface area (Å²) in [6, 6.07) is 10.6. The molecular formula is C42H55N5O11. The van der Waals surface area contributed by atoms with Crippen molar-refractivity contribution in [1.29, 1.82) is 0 Å². The lowest BCUT2D eigenvalue weighted by molar-refractivity contribution is -0.158. The van der Waals surface area contributed by atoms with Crippen LogP contribution in [0.25, 0.3) is 0 Å². The van der Waals surface area contributed by atoms with Crippen molar-refractivity contribution in [3.8, 4) is 5.75 Å². The Morgan fingerprint density at radius 2 is 1.72 bits per heavy atom. The summed E-state index contributed by atoms with van der Waals surface area (Å²) in [5, 5.41) is 19.9. The van der Waals surface area contributed by atoms with E-state index in [0.717, 1.165) is 37.7 Å². The predicted octanol–water partition coefficient (Wildman–Crippen LogP) is 2.34. The number of hydrogen-bond acceptors (Lipinski definition) is 10. The first-order chi connectivity index (χ1) is 28.0. The molecule has 6 atom stereocenters. The Morgan fingerprint density at radius 3 is 2.43 bits per heavy atom. The number of benzene rings is 2. The molecular weight excluding hydrogens is 750 g/mol. The maximum Gasteiger partial charge on any atom is 0.330 e. The number of nitrogens with zero attached hydrogens (tertiary/aromatic N) is 1. The molecule has 2 heterocycles. The lowest BCUT2D eigenvalue weighted by Gasteiger charge is -2.35. The summed E-state index contributed by atoms with van der Waals surface area (Å²) in [5.41, 5.74) is 1.04. The molecule has 1 saturated heterocycles. The minimum absolute atomic E-state index is 0.0206. The standard InChI is InChI=1S/C42H55N5O11/c1-3-12-31(38(50)40(52)43-24-34(49)46-37(42(54)55)28-16-8-5-9-17-28)44-39(51)32-23-30-25-47(32)41(53)36(27-14-6-4-7-15-27)45-33(48)22-26-13-10-18-29(21-26)57-20-11-19-35(56-2)58-30/h5,8-10,13,16-18,21,27,30-32,35-37H,3-4,6-7,11-12,14-15,19-20,22-25H2,1-2H3,(H,43,52)(H,44,51)(H,45,48)(H,46,49)(H,54,55)/t30-,31+,32?,35?,36+,37+/m1/s1. The zero-order chi connectivity index (χ0) is 41.6. The van der Waals surface area contributed by atoms with Crippen molar-refractivity contribution < 1.29 is 52.9 Å². The highest BCUT2D eigenvalue weighted by Gasteiger charge is 2.46. The third-order valence-corrected chi connectivity index (χ3v) is 10.8. The summed E-state index contributed by atoms with van der Waals surface area (Å²) in [6.07, 6.45) is 4.55. The fourth-order valence-corrected chi connectivity index (χ4v) is 7.84. The van der Waals surface area contributed by atoms with Crippen molar-refractivity contribution in [2.45, 2.75) is 114 Å². The van der Waals surface area contributed by atoms with Gasteiger partial charge in [-0.25, -0.2) is 4.79 Å². The van der Waals surface area contributed by atoms with Gasteiger partial charge in [0.05, 0.1) is 31.7 Å². The molecule has 2 aromatic rings. The van der Waals surface area contributed by atoms with Crippen LogP contribution in [0.2, 0.25) is 0 Å². The molecule has 5 amide bonds. The van der Waals surface area contributed by atoms with Gasteiger partial charge in [0, 0.05) is 26.5 Å². The van der Waals surface area contributed by atoms with Gasteiger partial charge in [-0.15, -0.1) is 0 Å². The zero-order valence-electron chi connectivity index (χ0n) is 33.1. The number of rotatable bonds is 13. The molecule has 314 valence electrons. The second kappa shape index (κ2) is 21.4. The van der Waals surface area contributed by atoms with Crippen LogP contribution in [0, 0.1) is 5.92 Å². The molecule has 5 rings (SSSR count). The van der Waals surface area contributed by atoms with Gasteiger partial charge >= 0.3 is 5.97 Å². The number of carboxylic acid groups (broad SMARTS) is 1. The van der Waals surface area contributed by atoms with E-state index >= 15 is 0 Å². The highest BCUT2D eigenvalue weighted by Crippen LogP contribution is 2.31. The van der Waals surface area contributed by atoms with Crippen LogP contribution >= 0.6 is 0 Å². The van der Waals surface area contributed by atoms with Gasteiger partial charge in [0.15, 0.2) is 12.3 Å². The van der Waals surface area contributed by atoms with E-state index in [1.165, 1.54) is 24.1 Å². The predicted molar refractivity (Wildman–Crippen MR) is 209 cm³/mol. The molecule has 0 radical (unpaired) electrons. The average Bonchev–Trinajstić information content (AvgIpc) is 3.65. The van der Waals surface area contributed by atoms with Gasteiger partial charge in [0.2, 0.25) is 29.4 Å². The summed E-state index contributed by atoms with van der Waals surface area (Å²) in [5.74, 6) is -5.29. The summed E-state index contributed by atoms with van der Waals surface area (Å²) in [7, 11) is 1.51. The maximum atomic E-state index is 14.7. The number of ketones is 1. The minimum Gasteiger partial charge on any atom is -0.494 e. The number of Topliss-reactive ketones (excluding diaryl/α,β-unsaturated/α-hetero) is 1. The van der Waals surface area contributed by atoms with Gasteiger partial charge in [0.1, 0.15) is 17.8 Å². The quantitative estimate of drug-likeness (QED) is 0.185. The number of nitrogens with one attached hydrogen (secondary N) is 4. The van der Waals surface area contributed by atoms with Crippen molar-refractivity contribution in [2.75, 3.05) is 26.8 Å². The van der Waals surface area contributed by atoms with Crippen LogP contribution in [0.5, 0.6) is 5.75 Å². The lowest BCUT2D eigenvalue weighted by atomic mass is 9.83. The van der Waals surface area contributed by atoms with Crippen molar-refractivity contribution in [3.05, 3.63) is 65.7 Å². The fraction of sp³-hybridized carbons (Fsp3) is 0.548. The molecule has 3 aliphatic rings. The molecule has 1 aliphatic carbocycles. The third kappa shape index (κ3) is 12.1. The largest absolute Gasteiger partial charge is 0.494 e. The van der Waals surface area contributed by atoms with E-state index in [4.69, 9.17) is 14.2 Å². The van der Waals surface area contributed by atoms with Crippen LogP contribution in [0.1, 0.15) is 88.3 Å². The van der Waals surface area contributed by atoms with Crippen LogP contribution in [0.15, 0.2) is 54.6 Å². The normalized spacial score (nSPS) is 23.0. The van der Waals surface area contributed by atoms with E-state index in [1.807, 2.05) is 18.2 Å². The number of fused-ring (bicyclic) bond motifs is 4. The first-order valence-corrected chi connectivity index (χ1v) is 20.2. The van der Waals surface area contributed by atoms with Crippen LogP contribution in [0.4, 0.5) is 0 Å². The van der Waals surface area contributed by atoms with Gasteiger partial charge < -0.3 is 45.5 Å². The monoisotopic (exact) mass is 805 g/mol. The number of carboxylic acids is 1. The summed E-state index contributed by atoms with van der Waals surface area (Å²) in [4.78, 5) is 94.9. The number of aliphatic carboxylic acids is 1. The van der Waals surface area contributed by atoms with Gasteiger partial charge in [-0.05, 0) is 54.9 Å². The molecule has 16 nitrogen and oxygen atoms in total. The Bertz CT molecular complexity index is 1770. The highest BCUT2D eigenvalue weighted by atomic mass is 16.7. The van der Waals surface area contributed by atoms with Gasteiger partial charge in [0.25, 0.3) is 5.91 Å². The Balaban J connectivity index is 1.32. The van der Waals surface area contributed by atoms with Gasteiger partial charge in [-0.3, -0.25) is 28.8 Å². The molecule has 1 saturated carbocycles. The molecule has 0 aromatic heterocycles. The Hall–Kier alpha value is -5.35. The molecule has 5 N–H and O–H groups in total. The number of methoxy groups -OCH3 is 1. The molecule has 2 aliphatic heterocycles. The van der Waals surface area contributed by atoms with E-state index in [9.17, 15) is 38.7 Å². The van der Waals surface area contributed by atoms with E-state index in [0.29, 0.717) is 37.2 Å². The first kappa shape index (κ1) is 43.8. The Morgan fingerprint density at radius 1 is 0.966 bits per heavy atom. The van der Waals surface area contributed by atoms with E-state index < -0.39 is 78.5 Å². The van der Waals surface area contributed by atoms with Gasteiger partial charge in [-0.1, -0.05) is 75.1 Å². The van der Waals surface area contributed by atoms with E-state index in [2.05, 4.69) is 21.3 Å². The van der Waals surface area contributed by atoms with Crippen LogP contribution in [0.3, 0.4) is 0 Å². The highest BCUT2D eigenvalue weighted by molar-refractivity contribution is 6.38. The maximum absolute atomic E-state index is 14.7. The third-order valence-electron chi connectivity index (χ3n) is 10.8. The summed E-state index contributed by atoms with van der Waals surface area (Å²) in [6.45, 7) is 1.47. The second-order valence-electron chi connectivity index (χ2n) is 15.1. The van der Waals surface area contributed by atoms with Crippen molar-refractivity contribution in [2.24, 2.45) is 5.92 Å². The van der Waals surface area contributed by atoms with Crippen LogP contribution in [-0.2, 0) is 49.5 Å². The number of carbonyl (C=O) groups excluding carboxylic acids is 6. The SMILES string of the molecule is CCC[C@H](NC(=O)C1C[C@@H]2CN1C(=O)[C@H](C1CCCCC1)NC(=O)Cc1cccc(c1)OCCCC(OC)O2)C(=O)C(=O)NCC(=O)N[C@H](C(=O)O)c1ccccc1. The molecule has 0 spiro atoms. The molecule has 4 bridgehead atoms. The minimum atomic E-state index is -1.38. The van der Waals surface area contributed by atoms with Crippen molar-refractivity contribution in [3.63, 3.8) is 0 Å². The molecule has 16 heteroatoms. The lowest BCUT2D eigenvalue weighted by Crippen LogP contribution is -2.58. The van der Waals surface area contributed by atoms with Crippen LogP contribution < -0.4 is 26.0 Å². The van der Waals surface area contributed by atoms with Gasteiger partial charge in [-0.2, -0.15) is 0 Å². The number of amides is 5. The Kier molecular flexibility index (Phi) is 16.2. The number of ether oxygens (including phenoxy) is 3. The molecule has 2 fully saturated rings. The molecule has 58 heavy (non-hydrogen) atoms. The zero-order valence-corrected chi connectivity index (χ0v) is 33.1. The van der Waals surface area contributed by atoms with E-state index in [-0.39, 0.29) is 37.6 Å². The number of carbonyl (C=O) groups is 7. The molecule has 2 unspecified atom stereocenters. The number of hydrogen-bond donors (Lipinski definition) is 5. The van der Waals surface area contributed by atoms with E-state index in [1.54, 1.807) is 31.2 Å². The fourth-order valence-electron chi connectivity index (χ4n) is 7.84. The van der Waals surface area contributed by atoms with Crippen LogP contribution in [-0.4, -0.2) is 109 Å². The average molecular weight is 806 g/mol.